The molecule has 1 aromatic carbocycles. The fraction of sp³-hybridized carbons (Fsp3) is 0.522. The second-order valence-electron chi connectivity index (χ2n) is 8.53. The van der Waals surface area contributed by atoms with Gasteiger partial charge in [-0.15, -0.1) is 0 Å². The Morgan fingerprint density at radius 3 is 3.03 bits per heavy atom. The number of piperidine rings is 1. The maximum Gasteiger partial charge on any atom is 0.267 e. The van der Waals surface area contributed by atoms with Crippen molar-refractivity contribution >= 4 is 28.7 Å². The van der Waals surface area contributed by atoms with E-state index in [4.69, 9.17) is 4.98 Å². The normalized spacial score (nSPS) is 19.5. The number of para-hydroxylation sites is 2. The average Bonchev–Trinajstić information content (AvgIpc) is 3.12. The molecule has 3 aromatic rings. The van der Waals surface area contributed by atoms with E-state index in [1.807, 2.05) is 23.9 Å². The van der Waals surface area contributed by atoms with E-state index in [9.17, 15) is 4.79 Å². The molecule has 4 heterocycles. The van der Waals surface area contributed by atoms with Crippen molar-refractivity contribution in [2.24, 2.45) is 7.05 Å². The van der Waals surface area contributed by atoms with Gasteiger partial charge in [0.1, 0.15) is 0 Å². The lowest BCUT2D eigenvalue weighted by Gasteiger charge is -2.36. The highest BCUT2D eigenvalue weighted by Gasteiger charge is 2.23. The molecule has 7 nitrogen and oxygen atoms in total. The molecule has 2 aromatic heterocycles. The number of nitrogens with one attached hydrogen (secondary N) is 1. The third-order valence-electron chi connectivity index (χ3n) is 6.54. The lowest BCUT2D eigenvalue weighted by molar-refractivity contribution is 0.147. The number of imidazole rings is 1. The molecule has 2 aliphatic rings. The summed E-state index contributed by atoms with van der Waals surface area (Å²) in [6.07, 6.45) is 4.60. The highest BCUT2D eigenvalue weighted by atomic mass is 32.2. The number of benzene rings is 1. The highest BCUT2D eigenvalue weighted by molar-refractivity contribution is 7.98. The monoisotopic (exact) mass is 438 g/mol. The zero-order chi connectivity index (χ0) is 21.2. The minimum absolute atomic E-state index is 0.0348. The lowest BCUT2D eigenvalue weighted by Crippen LogP contribution is -2.46. The number of aryl methyl sites for hydroxylation is 2. The van der Waals surface area contributed by atoms with Gasteiger partial charge in [0.05, 0.1) is 23.3 Å². The van der Waals surface area contributed by atoms with Gasteiger partial charge < -0.3 is 9.88 Å². The van der Waals surface area contributed by atoms with Gasteiger partial charge in [-0.25, -0.2) is 9.67 Å². The van der Waals surface area contributed by atoms with Gasteiger partial charge in [0.2, 0.25) is 5.95 Å². The Bertz CT molecular complexity index is 1120. The summed E-state index contributed by atoms with van der Waals surface area (Å²) in [4.78, 5) is 19.8. The largest absolute Gasteiger partial charge is 0.354 e. The molecule has 1 unspecified atom stereocenters. The van der Waals surface area contributed by atoms with Crippen LogP contribution in [0.25, 0.3) is 11.0 Å². The van der Waals surface area contributed by atoms with Crippen LogP contribution in [-0.2, 0) is 25.8 Å². The molecule has 8 heteroatoms. The number of rotatable bonds is 6. The quantitative estimate of drug-likeness (QED) is 0.638. The van der Waals surface area contributed by atoms with Gasteiger partial charge >= 0.3 is 0 Å². The summed E-state index contributed by atoms with van der Waals surface area (Å²) in [7, 11) is 2.06. The van der Waals surface area contributed by atoms with Gasteiger partial charge in [-0.05, 0) is 42.8 Å². The molecule has 0 radical (unpaired) electrons. The molecule has 1 fully saturated rings. The molecule has 0 saturated carbocycles. The van der Waals surface area contributed by atoms with E-state index in [0.29, 0.717) is 12.6 Å². The number of fused-ring (bicyclic) bond motifs is 2. The number of hydrogen-bond donors (Lipinski definition) is 1. The van der Waals surface area contributed by atoms with Gasteiger partial charge in [0, 0.05) is 44.4 Å². The molecule has 0 amide bonds. The predicted molar refractivity (Wildman–Crippen MR) is 127 cm³/mol. The van der Waals surface area contributed by atoms with Crippen LogP contribution < -0.4 is 10.9 Å². The lowest BCUT2D eigenvalue weighted by atomic mass is 10.0. The topological polar surface area (TPSA) is 68.0 Å². The van der Waals surface area contributed by atoms with Crippen LogP contribution in [0.4, 0.5) is 5.95 Å². The van der Waals surface area contributed by atoms with Gasteiger partial charge in [-0.2, -0.15) is 16.9 Å². The summed E-state index contributed by atoms with van der Waals surface area (Å²) in [6, 6.07) is 10.5. The molecule has 1 N–H and O–H groups in total. The Balaban J connectivity index is 1.24. The van der Waals surface area contributed by atoms with Crippen molar-refractivity contribution in [3.05, 3.63) is 51.9 Å². The number of anilines is 1. The summed E-state index contributed by atoms with van der Waals surface area (Å²) in [5, 5.41) is 8.26. The SMILES string of the molecule is Cn1c(NCC2CCCCN2CCn2nc3c(cc2=O)CSCC3)nc2ccccc21. The van der Waals surface area contributed by atoms with E-state index in [-0.39, 0.29) is 5.56 Å². The van der Waals surface area contributed by atoms with Crippen molar-refractivity contribution in [1.82, 2.24) is 24.2 Å². The molecule has 5 rings (SSSR count). The number of aromatic nitrogens is 4. The fourth-order valence-corrected chi connectivity index (χ4v) is 5.69. The summed E-state index contributed by atoms with van der Waals surface area (Å²) in [5.41, 5.74) is 4.43. The van der Waals surface area contributed by atoms with Crippen molar-refractivity contribution in [1.29, 1.82) is 0 Å². The molecule has 31 heavy (non-hydrogen) atoms. The van der Waals surface area contributed by atoms with Crippen molar-refractivity contribution in [3.63, 3.8) is 0 Å². The highest BCUT2D eigenvalue weighted by Crippen LogP contribution is 2.22. The maximum atomic E-state index is 12.5. The second-order valence-corrected chi connectivity index (χ2v) is 9.64. The molecule has 0 bridgehead atoms. The summed E-state index contributed by atoms with van der Waals surface area (Å²) in [5.74, 6) is 2.93. The molecular formula is C23H30N6OS. The van der Waals surface area contributed by atoms with Crippen molar-refractivity contribution in [2.45, 2.75) is 44.0 Å². The number of likely N-dealkylation sites (tertiary alicyclic amines) is 1. The Labute approximate surface area is 186 Å². The number of nitrogens with zero attached hydrogens (tertiary/aromatic N) is 5. The molecular weight excluding hydrogens is 408 g/mol. The second kappa shape index (κ2) is 9.04. The number of hydrogen-bond acceptors (Lipinski definition) is 6. The third kappa shape index (κ3) is 4.36. The van der Waals surface area contributed by atoms with E-state index in [1.54, 1.807) is 10.7 Å². The van der Waals surface area contributed by atoms with Crippen molar-refractivity contribution < 1.29 is 0 Å². The Kier molecular flexibility index (Phi) is 6.00. The minimum atomic E-state index is 0.0348. The van der Waals surface area contributed by atoms with Gasteiger partial charge in [0.25, 0.3) is 5.56 Å². The van der Waals surface area contributed by atoms with Crippen LogP contribution >= 0.6 is 11.8 Å². The van der Waals surface area contributed by atoms with E-state index in [0.717, 1.165) is 65.8 Å². The summed E-state index contributed by atoms with van der Waals surface area (Å²) in [6.45, 7) is 3.45. The molecule has 0 spiro atoms. The first kappa shape index (κ1) is 20.6. The van der Waals surface area contributed by atoms with Crippen LogP contribution in [0.15, 0.2) is 35.1 Å². The molecule has 2 aliphatic heterocycles. The predicted octanol–water partition coefficient (Wildman–Crippen LogP) is 2.89. The van der Waals surface area contributed by atoms with E-state index < -0.39 is 0 Å². The molecule has 164 valence electrons. The van der Waals surface area contributed by atoms with E-state index in [2.05, 4.69) is 39.1 Å². The van der Waals surface area contributed by atoms with Crippen molar-refractivity contribution in [2.75, 3.05) is 30.7 Å². The van der Waals surface area contributed by atoms with E-state index in [1.165, 1.54) is 19.3 Å². The molecule has 0 aliphatic carbocycles. The third-order valence-corrected chi connectivity index (χ3v) is 7.54. The Hall–Kier alpha value is -2.32. The zero-order valence-electron chi connectivity index (χ0n) is 18.1. The fourth-order valence-electron chi connectivity index (χ4n) is 4.73. The molecule has 1 atom stereocenters. The smallest absolute Gasteiger partial charge is 0.267 e. The average molecular weight is 439 g/mol. The summed E-state index contributed by atoms with van der Waals surface area (Å²) >= 11 is 1.88. The Morgan fingerprint density at radius 1 is 1.23 bits per heavy atom. The zero-order valence-corrected chi connectivity index (χ0v) is 18.9. The maximum absolute atomic E-state index is 12.5. The minimum Gasteiger partial charge on any atom is -0.354 e. The molecule has 1 saturated heterocycles. The van der Waals surface area contributed by atoms with Gasteiger partial charge in [-0.3, -0.25) is 9.69 Å². The first-order valence-electron chi connectivity index (χ1n) is 11.3. The summed E-state index contributed by atoms with van der Waals surface area (Å²) < 4.78 is 3.80. The first-order valence-corrected chi connectivity index (χ1v) is 12.4. The van der Waals surface area contributed by atoms with Crippen LogP contribution in [0.3, 0.4) is 0 Å². The Morgan fingerprint density at radius 2 is 2.13 bits per heavy atom. The van der Waals surface area contributed by atoms with Crippen LogP contribution in [0.2, 0.25) is 0 Å². The van der Waals surface area contributed by atoms with Crippen molar-refractivity contribution in [3.8, 4) is 0 Å². The van der Waals surface area contributed by atoms with Crippen LogP contribution in [0.1, 0.15) is 30.5 Å². The van der Waals surface area contributed by atoms with Crippen LogP contribution in [-0.4, -0.2) is 55.7 Å². The van der Waals surface area contributed by atoms with Gasteiger partial charge in [0.15, 0.2) is 0 Å². The van der Waals surface area contributed by atoms with Crippen LogP contribution in [0.5, 0.6) is 0 Å². The standard InChI is InChI=1S/C23H30N6OS/c1-27-21-8-3-2-7-20(21)25-23(27)24-15-18-6-4-5-10-28(18)11-12-29-22(30)14-17-16-31-13-9-19(17)26-29/h2-3,7-8,14,18H,4-6,9-13,15-16H2,1H3,(H,24,25). The first-order chi connectivity index (χ1) is 15.2. The van der Waals surface area contributed by atoms with Gasteiger partial charge in [-0.1, -0.05) is 18.6 Å². The number of thioether (sulfide) groups is 1. The van der Waals surface area contributed by atoms with E-state index >= 15 is 0 Å². The van der Waals surface area contributed by atoms with Crippen LogP contribution in [0, 0.1) is 0 Å².